The molecule has 0 unspecified atom stereocenters. The molecule has 2 N–H and O–H groups in total. The van der Waals surface area contributed by atoms with Crippen LogP contribution in [0.4, 0.5) is 14.6 Å². The van der Waals surface area contributed by atoms with Crippen molar-refractivity contribution in [2.24, 2.45) is 0 Å². The van der Waals surface area contributed by atoms with Gasteiger partial charge < -0.3 is 15.5 Å². The van der Waals surface area contributed by atoms with Crippen molar-refractivity contribution in [1.82, 2.24) is 30.2 Å². The van der Waals surface area contributed by atoms with E-state index in [0.29, 0.717) is 11.3 Å². The zero-order valence-corrected chi connectivity index (χ0v) is 19.4. The van der Waals surface area contributed by atoms with Crippen LogP contribution in [-0.4, -0.2) is 56.6 Å². The van der Waals surface area contributed by atoms with Crippen LogP contribution < -0.4 is 15.5 Å². The summed E-state index contributed by atoms with van der Waals surface area (Å²) in [5.41, 5.74) is 2.74. The number of amides is 2. The Bertz CT molecular complexity index is 1270. The van der Waals surface area contributed by atoms with Crippen LogP contribution in [0.15, 0.2) is 24.5 Å². The second-order valence-electron chi connectivity index (χ2n) is 9.16. The highest BCUT2D eigenvalue weighted by Gasteiger charge is 2.30. The average Bonchev–Trinajstić information content (AvgIpc) is 3.49. The van der Waals surface area contributed by atoms with Gasteiger partial charge in [0.1, 0.15) is 18.2 Å². The number of piperidine rings is 1. The molecule has 1 fully saturated rings. The number of hydrogen-bond acceptors (Lipinski definition) is 6. The Morgan fingerprint density at radius 1 is 1.17 bits per heavy atom. The summed E-state index contributed by atoms with van der Waals surface area (Å²) in [6.07, 6.45) is 6.00. The summed E-state index contributed by atoms with van der Waals surface area (Å²) in [6.45, 7) is 2.77. The van der Waals surface area contributed by atoms with E-state index < -0.39 is 17.7 Å². The Kier molecular flexibility index (Phi) is 6.31. The fourth-order valence-electron chi connectivity index (χ4n) is 5.02. The topological polar surface area (TPSA) is 105 Å². The average molecular weight is 484 g/mol. The summed E-state index contributed by atoms with van der Waals surface area (Å²) in [5, 5.41) is 10.0. The molecule has 1 aliphatic carbocycles. The van der Waals surface area contributed by atoms with Crippen LogP contribution >= 0.6 is 0 Å². The number of carbonyl (C=O) groups excluding carboxylic acids is 2. The quantitative estimate of drug-likeness (QED) is 0.553. The number of aromatic nitrogens is 4. The molecule has 11 heteroatoms. The van der Waals surface area contributed by atoms with Crippen LogP contribution in [0, 0.1) is 11.6 Å². The highest BCUT2D eigenvalue weighted by Crippen LogP contribution is 2.32. The SMILES string of the molecule is CC(=O)N[C@@H](Cc1ccc(F)c(F)c1)C(=O)NC1CCN(c2c3c(nc4ncnn24)CCC3)CC1. The molecule has 0 radical (unpaired) electrons. The highest BCUT2D eigenvalue weighted by atomic mass is 19.2. The van der Waals surface area contributed by atoms with Crippen LogP contribution in [0.25, 0.3) is 5.78 Å². The molecular formula is C24H27F2N7O2. The maximum Gasteiger partial charge on any atom is 0.254 e. The number of halogens is 2. The lowest BCUT2D eigenvalue weighted by Crippen LogP contribution is -2.52. The molecule has 2 amide bonds. The van der Waals surface area contributed by atoms with E-state index in [9.17, 15) is 18.4 Å². The summed E-state index contributed by atoms with van der Waals surface area (Å²) < 4.78 is 28.7. The van der Waals surface area contributed by atoms with Gasteiger partial charge in [0.25, 0.3) is 5.78 Å². The molecule has 1 aliphatic heterocycles. The van der Waals surface area contributed by atoms with E-state index in [0.717, 1.165) is 68.8 Å². The lowest BCUT2D eigenvalue weighted by molar-refractivity contribution is -0.128. The summed E-state index contributed by atoms with van der Waals surface area (Å²) in [5.74, 6) is -1.01. The molecule has 3 aromatic rings. The van der Waals surface area contributed by atoms with Gasteiger partial charge in [0.2, 0.25) is 11.8 Å². The third kappa shape index (κ3) is 4.80. The van der Waals surface area contributed by atoms with E-state index in [-0.39, 0.29) is 24.3 Å². The molecule has 0 saturated carbocycles. The minimum absolute atomic E-state index is 0.0644. The Morgan fingerprint density at radius 3 is 2.71 bits per heavy atom. The molecule has 1 saturated heterocycles. The summed E-state index contributed by atoms with van der Waals surface area (Å²) in [4.78, 5) is 35.9. The highest BCUT2D eigenvalue weighted by molar-refractivity contribution is 5.87. The fourth-order valence-corrected chi connectivity index (χ4v) is 5.02. The maximum absolute atomic E-state index is 13.6. The number of benzene rings is 1. The van der Waals surface area contributed by atoms with Crippen molar-refractivity contribution in [3.63, 3.8) is 0 Å². The van der Waals surface area contributed by atoms with Crippen molar-refractivity contribution in [3.05, 3.63) is 53.0 Å². The molecule has 3 heterocycles. The fraction of sp³-hybridized carbons (Fsp3) is 0.458. The monoisotopic (exact) mass is 483 g/mol. The smallest absolute Gasteiger partial charge is 0.254 e. The van der Waals surface area contributed by atoms with Gasteiger partial charge in [0.05, 0.1) is 5.69 Å². The molecule has 0 bridgehead atoms. The van der Waals surface area contributed by atoms with Gasteiger partial charge in [0.15, 0.2) is 11.6 Å². The first-order chi connectivity index (χ1) is 16.9. The van der Waals surface area contributed by atoms with Crippen molar-refractivity contribution >= 4 is 23.4 Å². The normalized spacial score (nSPS) is 16.8. The van der Waals surface area contributed by atoms with Gasteiger partial charge in [0, 0.05) is 38.0 Å². The van der Waals surface area contributed by atoms with Gasteiger partial charge in [-0.1, -0.05) is 6.07 Å². The van der Waals surface area contributed by atoms with E-state index in [2.05, 4.69) is 30.6 Å². The number of rotatable bonds is 6. The van der Waals surface area contributed by atoms with E-state index in [4.69, 9.17) is 0 Å². The van der Waals surface area contributed by atoms with Crippen molar-refractivity contribution in [2.45, 2.75) is 57.5 Å². The van der Waals surface area contributed by atoms with E-state index in [1.54, 1.807) is 4.52 Å². The van der Waals surface area contributed by atoms with Crippen LogP contribution in [0.5, 0.6) is 0 Å². The predicted octanol–water partition coefficient (Wildman–Crippen LogP) is 1.72. The van der Waals surface area contributed by atoms with Crippen LogP contribution in [0.1, 0.15) is 43.0 Å². The number of nitrogens with zero attached hydrogens (tertiary/aromatic N) is 5. The Morgan fingerprint density at radius 2 is 1.97 bits per heavy atom. The molecule has 35 heavy (non-hydrogen) atoms. The Labute approximate surface area is 200 Å². The first-order valence-corrected chi connectivity index (χ1v) is 11.9. The minimum atomic E-state index is -0.985. The van der Waals surface area contributed by atoms with Crippen LogP contribution in [0.2, 0.25) is 0 Å². The molecule has 184 valence electrons. The number of anilines is 1. The third-order valence-electron chi connectivity index (χ3n) is 6.68. The number of aryl methyl sites for hydroxylation is 1. The number of fused-ring (bicyclic) bond motifs is 2. The second-order valence-corrected chi connectivity index (χ2v) is 9.16. The van der Waals surface area contributed by atoms with Crippen molar-refractivity contribution in [2.75, 3.05) is 18.0 Å². The first-order valence-electron chi connectivity index (χ1n) is 11.9. The first kappa shape index (κ1) is 23.1. The van der Waals surface area contributed by atoms with E-state index >= 15 is 0 Å². The molecule has 9 nitrogen and oxygen atoms in total. The molecule has 1 atom stereocenters. The number of nitrogens with one attached hydrogen (secondary N) is 2. The van der Waals surface area contributed by atoms with Gasteiger partial charge in [-0.05, 0) is 49.8 Å². The van der Waals surface area contributed by atoms with Crippen molar-refractivity contribution in [1.29, 1.82) is 0 Å². The van der Waals surface area contributed by atoms with Crippen LogP contribution in [0.3, 0.4) is 0 Å². The van der Waals surface area contributed by atoms with Gasteiger partial charge in [-0.2, -0.15) is 14.6 Å². The number of carbonyl (C=O) groups is 2. The zero-order valence-electron chi connectivity index (χ0n) is 19.4. The molecule has 2 aliphatic rings. The molecule has 0 spiro atoms. The Balaban J connectivity index is 1.25. The van der Waals surface area contributed by atoms with Gasteiger partial charge >= 0.3 is 0 Å². The standard InChI is InChI=1S/C24H27F2N7O2/c1-14(34)29-21(12-15-5-6-18(25)19(26)11-15)22(35)30-16-7-9-32(10-8-16)23-17-3-2-4-20(17)31-24-27-13-28-33(23)24/h5-6,11,13,16,21H,2-4,7-10,12H2,1H3,(H,29,34)(H,30,35)/t21-/m0/s1. The lowest BCUT2D eigenvalue weighted by Gasteiger charge is -2.35. The lowest BCUT2D eigenvalue weighted by atomic mass is 10.0. The van der Waals surface area contributed by atoms with Crippen LogP contribution in [-0.2, 0) is 28.9 Å². The minimum Gasteiger partial charge on any atom is -0.356 e. The van der Waals surface area contributed by atoms with Crippen molar-refractivity contribution in [3.8, 4) is 0 Å². The second kappa shape index (κ2) is 9.55. The van der Waals surface area contributed by atoms with E-state index in [1.807, 2.05) is 0 Å². The molecule has 1 aromatic carbocycles. The largest absolute Gasteiger partial charge is 0.356 e. The van der Waals surface area contributed by atoms with E-state index in [1.165, 1.54) is 24.9 Å². The third-order valence-corrected chi connectivity index (χ3v) is 6.68. The number of hydrogen-bond donors (Lipinski definition) is 2. The summed E-state index contributed by atoms with van der Waals surface area (Å²) in [6, 6.07) is 2.53. The van der Waals surface area contributed by atoms with Gasteiger partial charge in [-0.25, -0.2) is 13.8 Å². The summed E-state index contributed by atoms with van der Waals surface area (Å²) in [7, 11) is 0. The van der Waals surface area contributed by atoms with Gasteiger partial charge in [-0.15, -0.1) is 0 Å². The summed E-state index contributed by atoms with van der Waals surface area (Å²) >= 11 is 0. The van der Waals surface area contributed by atoms with Crippen molar-refractivity contribution < 1.29 is 18.4 Å². The zero-order chi connectivity index (χ0) is 24.5. The molecular weight excluding hydrogens is 456 g/mol. The predicted molar refractivity (Wildman–Crippen MR) is 124 cm³/mol. The maximum atomic E-state index is 13.6. The Hall–Kier alpha value is -3.63. The molecule has 5 rings (SSSR count). The van der Waals surface area contributed by atoms with Gasteiger partial charge in [-0.3, -0.25) is 9.59 Å². The molecule has 2 aromatic heterocycles.